The third-order valence-electron chi connectivity index (χ3n) is 5.59. The van der Waals surface area contributed by atoms with Crippen molar-refractivity contribution in [2.75, 3.05) is 17.2 Å². The maximum atomic E-state index is 12.9. The summed E-state index contributed by atoms with van der Waals surface area (Å²) < 4.78 is 6.56. The van der Waals surface area contributed by atoms with Crippen LogP contribution >= 0.6 is 63.1 Å². The van der Waals surface area contributed by atoms with E-state index in [2.05, 4.69) is 32.0 Å². The molecule has 4 amide bonds. The molecule has 0 atom stereocenters. The molecule has 4 rings (SSSR count). The largest absolute Gasteiger partial charge is 0.484 e. The van der Waals surface area contributed by atoms with Crippen molar-refractivity contribution in [1.29, 1.82) is 0 Å². The van der Waals surface area contributed by atoms with E-state index in [1.165, 1.54) is 12.1 Å². The van der Waals surface area contributed by atoms with E-state index in [1.807, 2.05) is 26.0 Å². The molecule has 206 valence electrons. The van der Waals surface area contributed by atoms with Crippen molar-refractivity contribution < 1.29 is 19.1 Å². The van der Waals surface area contributed by atoms with Crippen molar-refractivity contribution in [3.63, 3.8) is 0 Å². The first kappa shape index (κ1) is 29.9. The Kier molecular flexibility index (Phi) is 9.75. The zero-order valence-electron chi connectivity index (χ0n) is 21.0. The molecule has 0 saturated carbocycles. The van der Waals surface area contributed by atoms with Gasteiger partial charge in [-0.2, -0.15) is 5.01 Å². The van der Waals surface area contributed by atoms with Gasteiger partial charge in [-0.25, -0.2) is 10.2 Å². The van der Waals surface area contributed by atoms with Crippen LogP contribution in [0, 0.1) is 13.8 Å². The second-order valence-electron chi connectivity index (χ2n) is 8.53. The van der Waals surface area contributed by atoms with E-state index in [0.717, 1.165) is 32.4 Å². The minimum atomic E-state index is -0.675. The average Bonchev–Trinajstić information content (AvgIpc) is 3.16. The average molecular weight is 680 g/mol. The summed E-state index contributed by atoms with van der Waals surface area (Å²) in [7, 11) is 0. The highest BCUT2D eigenvalue weighted by Gasteiger charge is 2.33. The van der Waals surface area contributed by atoms with Gasteiger partial charge in [0.1, 0.15) is 5.75 Å². The number of carbonyl (C=O) groups is 3. The van der Waals surface area contributed by atoms with Crippen molar-refractivity contribution in [1.82, 2.24) is 10.4 Å². The van der Waals surface area contributed by atoms with E-state index in [9.17, 15) is 14.4 Å². The lowest BCUT2D eigenvalue weighted by molar-refractivity contribution is -0.123. The fourth-order valence-corrected chi connectivity index (χ4v) is 5.46. The number of aryl methyl sites for hydroxylation is 2. The number of amides is 4. The second-order valence-corrected chi connectivity index (χ2v) is 11.9. The summed E-state index contributed by atoms with van der Waals surface area (Å²) >= 11 is 21.6. The van der Waals surface area contributed by atoms with E-state index in [1.54, 1.807) is 36.4 Å². The molecule has 13 heteroatoms. The van der Waals surface area contributed by atoms with Gasteiger partial charge >= 0.3 is 6.03 Å². The third-order valence-corrected chi connectivity index (χ3v) is 8.29. The number of thioether (sulfide) groups is 1. The van der Waals surface area contributed by atoms with Gasteiger partial charge in [-0.3, -0.25) is 9.59 Å². The van der Waals surface area contributed by atoms with Crippen LogP contribution in [0.4, 0.5) is 16.2 Å². The van der Waals surface area contributed by atoms with Gasteiger partial charge in [0.05, 0.1) is 20.6 Å². The number of urea groups is 1. The third kappa shape index (κ3) is 7.55. The van der Waals surface area contributed by atoms with Gasteiger partial charge in [0.25, 0.3) is 11.8 Å². The number of carbonyl (C=O) groups excluding carboxylic acids is 3. The lowest BCUT2D eigenvalue weighted by Crippen LogP contribution is -2.46. The molecule has 8 nitrogen and oxygen atoms in total. The number of nitrogens with zero attached hydrogens (tertiary/aromatic N) is 1. The number of hydrazine groups is 1. The number of anilines is 2. The molecule has 3 aromatic rings. The van der Waals surface area contributed by atoms with Gasteiger partial charge in [0.2, 0.25) is 0 Å². The Balaban J connectivity index is 1.31. The Morgan fingerprint density at radius 3 is 2.42 bits per heavy atom. The van der Waals surface area contributed by atoms with Crippen LogP contribution in [0.3, 0.4) is 0 Å². The highest BCUT2D eigenvalue weighted by molar-refractivity contribution is 9.10. The molecule has 1 saturated heterocycles. The molecule has 0 unspecified atom stereocenters. The molecule has 40 heavy (non-hydrogen) atoms. The van der Waals surface area contributed by atoms with Crippen molar-refractivity contribution in [2.24, 2.45) is 0 Å². The summed E-state index contributed by atoms with van der Waals surface area (Å²) in [5.41, 5.74) is 6.38. The predicted octanol–water partition coefficient (Wildman–Crippen LogP) is 7.33. The van der Waals surface area contributed by atoms with Crippen LogP contribution in [-0.2, 0) is 9.59 Å². The summed E-state index contributed by atoms with van der Waals surface area (Å²) in [6.07, 6.45) is 1.64. The summed E-state index contributed by atoms with van der Waals surface area (Å²) in [6, 6.07) is 14.6. The molecule has 1 fully saturated rings. The fraction of sp³-hybridized carbons (Fsp3) is 0.111. The van der Waals surface area contributed by atoms with Crippen LogP contribution < -0.4 is 20.8 Å². The number of hydrogen-bond acceptors (Lipinski definition) is 6. The summed E-state index contributed by atoms with van der Waals surface area (Å²) in [5, 5.41) is 7.01. The van der Waals surface area contributed by atoms with Crippen molar-refractivity contribution in [3.05, 3.63) is 90.7 Å². The number of nitrogens with one attached hydrogen (secondary N) is 3. The Labute approximate surface area is 258 Å². The number of halogens is 3. The minimum Gasteiger partial charge on any atom is -0.484 e. The van der Waals surface area contributed by atoms with E-state index < -0.39 is 11.9 Å². The van der Waals surface area contributed by atoms with Gasteiger partial charge in [0, 0.05) is 10.2 Å². The molecular formula is C27H21BrCl2N4O4S2. The van der Waals surface area contributed by atoms with Crippen LogP contribution in [0.15, 0.2) is 64.0 Å². The van der Waals surface area contributed by atoms with E-state index in [4.69, 9.17) is 40.2 Å². The molecule has 0 radical (unpaired) electrons. The first-order valence-corrected chi connectivity index (χ1v) is 14.4. The van der Waals surface area contributed by atoms with Crippen molar-refractivity contribution in [2.45, 2.75) is 13.8 Å². The zero-order valence-corrected chi connectivity index (χ0v) is 25.7. The molecule has 3 aromatic carbocycles. The van der Waals surface area contributed by atoms with Crippen LogP contribution in [0.25, 0.3) is 6.08 Å². The lowest BCUT2D eigenvalue weighted by Gasteiger charge is -2.16. The lowest BCUT2D eigenvalue weighted by atomic mass is 10.1. The Morgan fingerprint density at radius 2 is 1.73 bits per heavy atom. The van der Waals surface area contributed by atoms with Crippen LogP contribution in [0.5, 0.6) is 5.75 Å². The van der Waals surface area contributed by atoms with Gasteiger partial charge in [-0.1, -0.05) is 47.1 Å². The molecular weight excluding hydrogens is 659 g/mol. The van der Waals surface area contributed by atoms with E-state index in [0.29, 0.717) is 32.6 Å². The van der Waals surface area contributed by atoms with Crippen molar-refractivity contribution in [3.8, 4) is 5.75 Å². The van der Waals surface area contributed by atoms with E-state index in [-0.39, 0.29) is 21.9 Å². The molecule has 1 aliphatic rings. The van der Waals surface area contributed by atoms with Gasteiger partial charge < -0.3 is 15.4 Å². The number of ether oxygens (including phenoxy) is 1. The number of rotatable bonds is 7. The van der Waals surface area contributed by atoms with Crippen LogP contribution in [0.1, 0.15) is 16.7 Å². The van der Waals surface area contributed by atoms with Crippen molar-refractivity contribution >= 4 is 103 Å². The number of benzene rings is 3. The number of hydrogen-bond donors (Lipinski definition) is 3. The number of thiocarbonyl (C=S) groups is 1. The molecule has 1 heterocycles. The topological polar surface area (TPSA) is 99.8 Å². The smallest absolute Gasteiger partial charge is 0.338 e. The summed E-state index contributed by atoms with van der Waals surface area (Å²) in [5.74, 6) is -0.291. The molecule has 0 aromatic heterocycles. The second kappa shape index (κ2) is 13.0. The highest BCUT2D eigenvalue weighted by atomic mass is 79.9. The highest BCUT2D eigenvalue weighted by Crippen LogP contribution is 2.32. The maximum absolute atomic E-state index is 12.9. The quantitative estimate of drug-likeness (QED) is 0.179. The Hall–Kier alpha value is -3.09. The minimum absolute atomic E-state index is 0.168. The summed E-state index contributed by atoms with van der Waals surface area (Å²) in [6.45, 7) is 3.80. The SMILES string of the molecule is Cc1cc(Br)c(NC(=O)COc2ccc(/C=C3/SC(=S)N(NC(=O)Nc4ccc(Cl)c(Cl)c4)C3=O)cc2)cc1C. The standard InChI is InChI=1S/C27H21BrCl2N4O4S2/c1-14-9-19(28)22(10-15(14)2)32-24(35)13-38-18-6-3-16(4-7-18)11-23-25(36)34(27(39)40-23)33-26(37)31-17-5-8-20(29)21(30)12-17/h3-12H,13H2,1-2H3,(H,32,35)(H2,31,33,37)/b23-11+. The maximum Gasteiger partial charge on any atom is 0.338 e. The first-order valence-electron chi connectivity index (χ1n) is 11.6. The summed E-state index contributed by atoms with van der Waals surface area (Å²) in [4.78, 5) is 37.9. The first-order chi connectivity index (χ1) is 19.0. The van der Waals surface area contributed by atoms with Crippen LogP contribution in [0.2, 0.25) is 10.0 Å². The van der Waals surface area contributed by atoms with E-state index >= 15 is 0 Å². The molecule has 3 N–H and O–H groups in total. The normalized spacial score (nSPS) is 13.9. The van der Waals surface area contributed by atoms with Gasteiger partial charge in [-0.05, 0) is 107 Å². The molecule has 0 spiro atoms. The van der Waals surface area contributed by atoms with Gasteiger partial charge in [0.15, 0.2) is 10.9 Å². The monoisotopic (exact) mass is 678 g/mol. The van der Waals surface area contributed by atoms with Gasteiger partial charge in [-0.15, -0.1) is 0 Å². The Bertz CT molecular complexity index is 1550. The zero-order chi connectivity index (χ0) is 29.0. The fourth-order valence-electron chi connectivity index (χ4n) is 3.42. The van der Waals surface area contributed by atoms with Crippen LogP contribution in [-0.4, -0.2) is 33.8 Å². The molecule has 0 aliphatic carbocycles. The predicted molar refractivity (Wildman–Crippen MR) is 168 cm³/mol. The molecule has 1 aliphatic heterocycles. The Morgan fingerprint density at radius 1 is 1.02 bits per heavy atom. The molecule has 0 bridgehead atoms.